The van der Waals surface area contributed by atoms with E-state index in [-0.39, 0.29) is 71.0 Å². The van der Waals surface area contributed by atoms with Crippen molar-refractivity contribution in [2.24, 2.45) is 0 Å². The second-order valence-electron chi connectivity index (χ2n) is 10.8. The molecule has 0 radical (unpaired) electrons. The smallest absolute Gasteiger partial charge is 0.287 e. The van der Waals surface area contributed by atoms with Crippen molar-refractivity contribution < 1.29 is 47.5 Å². The lowest BCUT2D eigenvalue weighted by atomic mass is 9.89. The molecular weight excluding hydrogens is 600 g/mol. The lowest BCUT2D eigenvalue weighted by molar-refractivity contribution is -0.136. The Morgan fingerprint density at radius 2 is 1.54 bits per heavy atom. The van der Waals surface area contributed by atoms with Crippen molar-refractivity contribution in [2.75, 3.05) is 19.7 Å². The molecular formula is C32H26N4O10. The van der Waals surface area contributed by atoms with Gasteiger partial charge in [-0.2, -0.15) is 0 Å². The molecule has 1 aliphatic carbocycles. The minimum atomic E-state index is -1.12. The fourth-order valence-corrected chi connectivity index (χ4v) is 5.55. The summed E-state index contributed by atoms with van der Waals surface area (Å²) in [6.45, 7) is 0.0359. The van der Waals surface area contributed by atoms with Gasteiger partial charge in [-0.05, 0) is 31.4 Å². The number of ether oxygens (including phenoxy) is 1. The first-order valence-corrected chi connectivity index (χ1v) is 14.5. The van der Waals surface area contributed by atoms with E-state index in [4.69, 9.17) is 9.15 Å². The SMILES string of the molecule is O=C(COc1cccc2c1C(=O)N(C1CCC(=O)NC1=O)C2=O)NCCCCNC(=O)c1cc2c(o1)C(=O)c1ccccc1C2=O. The van der Waals surface area contributed by atoms with Crippen LogP contribution in [0.25, 0.3) is 0 Å². The van der Waals surface area contributed by atoms with Crippen molar-refractivity contribution in [3.8, 4) is 5.75 Å². The first-order chi connectivity index (χ1) is 22.2. The van der Waals surface area contributed by atoms with E-state index in [2.05, 4.69) is 16.0 Å². The zero-order valence-electron chi connectivity index (χ0n) is 24.2. The molecule has 14 nitrogen and oxygen atoms in total. The minimum Gasteiger partial charge on any atom is -0.483 e. The lowest BCUT2D eigenvalue weighted by Gasteiger charge is -2.27. The third kappa shape index (κ3) is 5.44. The van der Waals surface area contributed by atoms with Gasteiger partial charge in [0.05, 0.1) is 16.7 Å². The molecule has 6 rings (SSSR count). The lowest BCUT2D eigenvalue weighted by Crippen LogP contribution is -2.54. The third-order valence-electron chi connectivity index (χ3n) is 7.82. The number of imide groups is 2. The highest BCUT2D eigenvalue weighted by atomic mass is 16.5. The van der Waals surface area contributed by atoms with Gasteiger partial charge in [0.15, 0.2) is 23.9 Å². The summed E-state index contributed by atoms with van der Waals surface area (Å²) in [7, 11) is 0. The molecule has 0 spiro atoms. The largest absolute Gasteiger partial charge is 0.483 e. The molecule has 1 unspecified atom stereocenters. The van der Waals surface area contributed by atoms with Crippen LogP contribution >= 0.6 is 0 Å². The predicted molar refractivity (Wildman–Crippen MR) is 155 cm³/mol. The van der Waals surface area contributed by atoms with Gasteiger partial charge in [0.25, 0.3) is 23.6 Å². The number of furan rings is 1. The Bertz CT molecular complexity index is 1810. The van der Waals surface area contributed by atoms with Gasteiger partial charge in [-0.15, -0.1) is 0 Å². The minimum absolute atomic E-state index is 0.00858. The topological polar surface area (TPSA) is 198 Å². The Labute approximate surface area is 260 Å². The maximum absolute atomic E-state index is 13.1. The molecule has 0 saturated carbocycles. The average molecular weight is 627 g/mol. The summed E-state index contributed by atoms with van der Waals surface area (Å²) in [5, 5.41) is 7.46. The van der Waals surface area contributed by atoms with Crippen LogP contribution in [0.3, 0.4) is 0 Å². The Balaban J connectivity index is 0.945. The van der Waals surface area contributed by atoms with Crippen LogP contribution < -0.4 is 20.7 Å². The first kappa shape index (κ1) is 30.1. The van der Waals surface area contributed by atoms with Crippen LogP contribution in [-0.2, 0) is 14.4 Å². The van der Waals surface area contributed by atoms with Crippen molar-refractivity contribution in [3.63, 3.8) is 0 Å². The molecule has 0 bridgehead atoms. The number of ketones is 2. The van der Waals surface area contributed by atoms with Gasteiger partial charge in [0, 0.05) is 36.7 Å². The molecule has 6 amide bonds. The summed E-state index contributed by atoms with van der Waals surface area (Å²) >= 11 is 0. The van der Waals surface area contributed by atoms with E-state index in [1.54, 1.807) is 18.2 Å². The highest BCUT2D eigenvalue weighted by Crippen LogP contribution is 2.34. The molecule has 3 N–H and O–H groups in total. The number of unbranched alkanes of at least 4 members (excludes halogenated alkanes) is 1. The maximum Gasteiger partial charge on any atom is 0.287 e. The standard InChI is InChI=1S/C32H26N4O10/c37-23-11-10-20(29(41)35-23)36-31(43)18-8-5-9-21(25(18)32(36)44)45-15-24(38)33-12-3-4-13-34-30(42)22-14-19-26(39)16-6-1-2-7-17(16)27(40)28(19)46-22/h1-2,5-9,14,20H,3-4,10-13,15H2,(H,33,38)(H,34,42)(H,35,37,41). The highest BCUT2D eigenvalue weighted by molar-refractivity contribution is 6.28. The Hall–Kier alpha value is -5.92. The van der Waals surface area contributed by atoms with E-state index in [0.717, 1.165) is 4.90 Å². The van der Waals surface area contributed by atoms with Crippen LogP contribution in [0.5, 0.6) is 5.75 Å². The number of nitrogens with zero attached hydrogens (tertiary/aromatic N) is 1. The van der Waals surface area contributed by atoms with Crippen LogP contribution in [0.4, 0.5) is 0 Å². The van der Waals surface area contributed by atoms with E-state index in [0.29, 0.717) is 12.8 Å². The second kappa shape index (κ2) is 12.2. The summed E-state index contributed by atoms with van der Waals surface area (Å²) in [5.74, 6) is -4.88. The van der Waals surface area contributed by atoms with Crippen LogP contribution in [0, 0.1) is 0 Å². The van der Waals surface area contributed by atoms with E-state index in [1.165, 1.54) is 30.3 Å². The van der Waals surface area contributed by atoms with Gasteiger partial charge in [0.1, 0.15) is 11.8 Å². The molecule has 2 aromatic carbocycles. The van der Waals surface area contributed by atoms with Gasteiger partial charge < -0.3 is 19.8 Å². The van der Waals surface area contributed by atoms with Crippen molar-refractivity contribution in [2.45, 2.75) is 31.7 Å². The van der Waals surface area contributed by atoms with Crippen molar-refractivity contribution in [1.29, 1.82) is 0 Å². The molecule has 1 fully saturated rings. The maximum atomic E-state index is 13.1. The molecule has 1 atom stereocenters. The normalized spacial score (nSPS) is 16.9. The number of carbonyl (C=O) groups is 8. The van der Waals surface area contributed by atoms with Crippen molar-refractivity contribution >= 4 is 47.0 Å². The fourth-order valence-electron chi connectivity index (χ4n) is 5.55. The molecule has 3 aromatic rings. The van der Waals surface area contributed by atoms with Gasteiger partial charge in [-0.1, -0.05) is 30.3 Å². The summed E-state index contributed by atoms with van der Waals surface area (Å²) in [6, 6.07) is 10.9. The van der Waals surface area contributed by atoms with Gasteiger partial charge in [-0.25, -0.2) is 0 Å². The Morgan fingerprint density at radius 1 is 0.848 bits per heavy atom. The summed E-state index contributed by atoms with van der Waals surface area (Å²) in [6.07, 6.45) is 0.975. The van der Waals surface area contributed by atoms with Crippen LogP contribution in [0.15, 0.2) is 52.9 Å². The number of rotatable bonds is 10. The van der Waals surface area contributed by atoms with Crippen LogP contribution in [-0.4, -0.2) is 77.6 Å². The zero-order chi connectivity index (χ0) is 32.5. The molecule has 3 aliphatic rings. The predicted octanol–water partition coefficient (Wildman–Crippen LogP) is 1.16. The van der Waals surface area contributed by atoms with E-state index < -0.39 is 59.7 Å². The number of nitrogens with one attached hydrogen (secondary N) is 3. The van der Waals surface area contributed by atoms with Crippen molar-refractivity contribution in [1.82, 2.24) is 20.9 Å². The second-order valence-corrected chi connectivity index (χ2v) is 10.8. The summed E-state index contributed by atoms with van der Waals surface area (Å²) in [4.78, 5) is 101. The molecule has 3 heterocycles. The number of amides is 6. The van der Waals surface area contributed by atoms with Crippen molar-refractivity contribution in [3.05, 3.63) is 87.9 Å². The highest BCUT2D eigenvalue weighted by Gasteiger charge is 2.46. The van der Waals surface area contributed by atoms with E-state index >= 15 is 0 Å². The zero-order valence-corrected chi connectivity index (χ0v) is 24.2. The monoisotopic (exact) mass is 626 g/mol. The Morgan fingerprint density at radius 3 is 2.28 bits per heavy atom. The quantitative estimate of drug-likeness (QED) is 0.170. The van der Waals surface area contributed by atoms with Crippen LogP contribution in [0.2, 0.25) is 0 Å². The summed E-state index contributed by atoms with van der Waals surface area (Å²) in [5.41, 5.74) is 0.500. The van der Waals surface area contributed by atoms with Crippen LogP contribution in [0.1, 0.15) is 89.0 Å². The molecule has 1 aromatic heterocycles. The Kier molecular flexibility index (Phi) is 8.01. The number of carbonyl (C=O) groups excluding carboxylic acids is 8. The average Bonchev–Trinajstić information content (AvgIpc) is 3.61. The summed E-state index contributed by atoms with van der Waals surface area (Å²) < 4.78 is 11.0. The number of piperidine rings is 1. The molecule has 14 heteroatoms. The third-order valence-corrected chi connectivity index (χ3v) is 7.82. The van der Waals surface area contributed by atoms with E-state index in [1.807, 2.05) is 0 Å². The molecule has 46 heavy (non-hydrogen) atoms. The van der Waals surface area contributed by atoms with Gasteiger partial charge >= 0.3 is 0 Å². The van der Waals surface area contributed by atoms with Gasteiger partial charge in [-0.3, -0.25) is 48.6 Å². The van der Waals surface area contributed by atoms with Gasteiger partial charge in [0.2, 0.25) is 17.6 Å². The first-order valence-electron chi connectivity index (χ1n) is 14.5. The van der Waals surface area contributed by atoms with E-state index in [9.17, 15) is 38.4 Å². The number of benzene rings is 2. The molecule has 2 aliphatic heterocycles. The number of hydrogen-bond donors (Lipinski definition) is 3. The molecule has 234 valence electrons. The number of fused-ring (bicyclic) bond motifs is 3. The number of hydrogen-bond acceptors (Lipinski definition) is 10. The molecule has 1 saturated heterocycles. The fraction of sp³-hybridized carbons (Fsp3) is 0.250.